The monoisotopic (exact) mass is 403 g/mol. The molecule has 1 aromatic heterocycles. The first-order valence-electron chi connectivity index (χ1n) is 10.2. The molecule has 1 N–H and O–H groups in total. The second kappa shape index (κ2) is 8.95. The van der Waals surface area contributed by atoms with Gasteiger partial charge in [-0.05, 0) is 65.8 Å². The summed E-state index contributed by atoms with van der Waals surface area (Å²) in [6, 6.07) is 10.0. The van der Waals surface area contributed by atoms with Gasteiger partial charge in [-0.3, -0.25) is 9.59 Å². The average Bonchev–Trinajstić information content (AvgIpc) is 3.04. The number of anilines is 1. The smallest absolute Gasteiger partial charge is 0.246 e. The summed E-state index contributed by atoms with van der Waals surface area (Å²) in [5.74, 6) is 1.46. The van der Waals surface area contributed by atoms with Gasteiger partial charge in [0, 0.05) is 31.8 Å². The number of aryl methyl sites for hydroxylation is 1. The van der Waals surface area contributed by atoms with Crippen molar-refractivity contribution in [3.8, 4) is 5.75 Å². The van der Waals surface area contributed by atoms with Crippen molar-refractivity contribution >= 4 is 29.3 Å². The molecule has 0 atom stereocenters. The Labute approximate surface area is 176 Å². The number of rotatable bonds is 4. The van der Waals surface area contributed by atoms with Crippen molar-refractivity contribution in [1.82, 2.24) is 9.88 Å². The van der Waals surface area contributed by atoms with E-state index < -0.39 is 0 Å². The van der Waals surface area contributed by atoms with Crippen LogP contribution in [0.15, 0.2) is 48.7 Å². The molecule has 0 bridgehead atoms. The van der Waals surface area contributed by atoms with Gasteiger partial charge >= 0.3 is 0 Å². The van der Waals surface area contributed by atoms with Crippen molar-refractivity contribution in [2.75, 3.05) is 25.5 Å². The molecule has 0 spiro atoms. The summed E-state index contributed by atoms with van der Waals surface area (Å²) < 4.78 is 5.32. The zero-order valence-electron chi connectivity index (χ0n) is 17.1. The highest BCUT2D eigenvalue weighted by molar-refractivity contribution is 5.94. The lowest BCUT2D eigenvalue weighted by Crippen LogP contribution is -2.30. The first kappa shape index (κ1) is 19.9. The van der Waals surface area contributed by atoms with Gasteiger partial charge in [0.2, 0.25) is 11.8 Å². The molecule has 154 valence electrons. The van der Waals surface area contributed by atoms with E-state index in [0.717, 1.165) is 35.3 Å². The van der Waals surface area contributed by atoms with E-state index in [1.54, 1.807) is 25.5 Å². The Morgan fingerprint density at radius 1 is 1.20 bits per heavy atom. The predicted octanol–water partition coefficient (Wildman–Crippen LogP) is 3.69. The lowest BCUT2D eigenvalue weighted by Gasteiger charge is -2.19. The molecular weight excluding hydrogens is 378 g/mol. The molecule has 2 amide bonds. The van der Waals surface area contributed by atoms with Crippen molar-refractivity contribution < 1.29 is 14.3 Å². The maximum Gasteiger partial charge on any atom is 0.246 e. The summed E-state index contributed by atoms with van der Waals surface area (Å²) >= 11 is 0. The third-order valence-corrected chi connectivity index (χ3v) is 5.48. The zero-order valence-corrected chi connectivity index (χ0v) is 17.1. The maximum atomic E-state index is 12.7. The fraction of sp³-hybridized carbons (Fsp3) is 0.292. The number of nitrogens with zero attached hydrogens (tertiary/aromatic N) is 2. The van der Waals surface area contributed by atoms with Crippen molar-refractivity contribution in [1.29, 1.82) is 0 Å². The highest BCUT2D eigenvalue weighted by Crippen LogP contribution is 2.26. The minimum absolute atomic E-state index is 0.00122. The second-order valence-corrected chi connectivity index (χ2v) is 7.48. The van der Waals surface area contributed by atoms with E-state index in [4.69, 9.17) is 4.74 Å². The summed E-state index contributed by atoms with van der Waals surface area (Å²) in [5, 5.41) is 2.77. The van der Waals surface area contributed by atoms with Crippen LogP contribution in [0.3, 0.4) is 0 Å². The van der Waals surface area contributed by atoms with E-state index in [1.165, 1.54) is 5.57 Å². The SMILES string of the molecule is COc1cccc(C2=CCCN(C(=O)/C=C/c3cnc4c(c3)CCC(=O)N4)CC2)c1. The topological polar surface area (TPSA) is 71.5 Å². The van der Waals surface area contributed by atoms with Gasteiger partial charge in [-0.15, -0.1) is 0 Å². The fourth-order valence-corrected chi connectivity index (χ4v) is 3.81. The third kappa shape index (κ3) is 4.59. The van der Waals surface area contributed by atoms with Crippen LogP contribution in [0.5, 0.6) is 5.75 Å². The summed E-state index contributed by atoms with van der Waals surface area (Å²) in [6.07, 6.45) is 10.1. The fourth-order valence-electron chi connectivity index (χ4n) is 3.81. The van der Waals surface area contributed by atoms with Gasteiger partial charge in [-0.25, -0.2) is 4.98 Å². The number of aromatic nitrogens is 1. The predicted molar refractivity (Wildman–Crippen MR) is 117 cm³/mol. The van der Waals surface area contributed by atoms with Gasteiger partial charge in [0.15, 0.2) is 0 Å². The molecule has 0 aliphatic carbocycles. The van der Waals surface area contributed by atoms with Crippen molar-refractivity contribution in [3.63, 3.8) is 0 Å². The Morgan fingerprint density at radius 2 is 2.10 bits per heavy atom. The second-order valence-electron chi connectivity index (χ2n) is 7.48. The van der Waals surface area contributed by atoms with E-state index in [0.29, 0.717) is 31.7 Å². The molecule has 6 nitrogen and oxygen atoms in total. The zero-order chi connectivity index (χ0) is 20.9. The standard InChI is InChI=1S/C24H25N3O3/c1-30-21-6-2-4-19(15-21)18-5-3-12-27(13-11-18)23(29)10-7-17-14-20-8-9-22(28)26-24(20)25-16-17/h2,4-7,10,14-16H,3,8-9,11-13H2,1H3,(H,25,26,28)/b10-7+. The highest BCUT2D eigenvalue weighted by atomic mass is 16.5. The van der Waals surface area contributed by atoms with E-state index in [2.05, 4.69) is 22.4 Å². The van der Waals surface area contributed by atoms with Crippen LogP contribution >= 0.6 is 0 Å². The molecule has 6 heteroatoms. The number of hydrogen-bond donors (Lipinski definition) is 1. The number of benzene rings is 1. The number of nitrogens with one attached hydrogen (secondary N) is 1. The molecule has 1 aromatic carbocycles. The number of pyridine rings is 1. The largest absolute Gasteiger partial charge is 0.497 e. The molecule has 3 heterocycles. The van der Waals surface area contributed by atoms with Crippen LogP contribution in [-0.4, -0.2) is 41.9 Å². The van der Waals surface area contributed by atoms with Gasteiger partial charge < -0.3 is 15.0 Å². The average molecular weight is 403 g/mol. The quantitative estimate of drug-likeness (QED) is 0.791. The van der Waals surface area contributed by atoms with Gasteiger partial charge in [-0.2, -0.15) is 0 Å². The molecule has 4 rings (SSSR count). The molecule has 0 fully saturated rings. The van der Waals surface area contributed by atoms with Crippen LogP contribution in [0, 0.1) is 0 Å². The number of amides is 2. The van der Waals surface area contributed by atoms with Crippen LogP contribution in [-0.2, 0) is 16.0 Å². The van der Waals surface area contributed by atoms with Crippen molar-refractivity contribution in [2.24, 2.45) is 0 Å². The Morgan fingerprint density at radius 3 is 2.97 bits per heavy atom. The van der Waals surface area contributed by atoms with E-state index in [1.807, 2.05) is 29.2 Å². The van der Waals surface area contributed by atoms with Crippen LogP contribution in [0.1, 0.15) is 36.0 Å². The summed E-state index contributed by atoms with van der Waals surface area (Å²) in [4.78, 5) is 30.4. The molecule has 0 saturated carbocycles. The summed E-state index contributed by atoms with van der Waals surface area (Å²) in [7, 11) is 1.67. The van der Waals surface area contributed by atoms with E-state index in [-0.39, 0.29) is 11.8 Å². The first-order valence-corrected chi connectivity index (χ1v) is 10.2. The van der Waals surface area contributed by atoms with Crippen molar-refractivity contribution in [2.45, 2.75) is 25.7 Å². The van der Waals surface area contributed by atoms with E-state index >= 15 is 0 Å². The van der Waals surface area contributed by atoms with Gasteiger partial charge in [0.05, 0.1) is 7.11 Å². The first-order chi connectivity index (χ1) is 14.6. The molecular formula is C24H25N3O3. The molecule has 2 aromatic rings. The summed E-state index contributed by atoms with van der Waals surface area (Å²) in [5.41, 5.74) is 4.26. The number of carbonyl (C=O) groups excluding carboxylic acids is 2. The molecule has 0 radical (unpaired) electrons. The molecule has 0 saturated heterocycles. The number of carbonyl (C=O) groups is 2. The minimum atomic E-state index is -0.00319. The Hall–Kier alpha value is -3.41. The lowest BCUT2D eigenvalue weighted by atomic mass is 10.0. The highest BCUT2D eigenvalue weighted by Gasteiger charge is 2.17. The van der Waals surface area contributed by atoms with Gasteiger partial charge in [0.25, 0.3) is 0 Å². The van der Waals surface area contributed by atoms with Crippen molar-refractivity contribution in [3.05, 3.63) is 65.4 Å². The molecule has 2 aliphatic rings. The Balaban J connectivity index is 1.38. The molecule has 2 aliphatic heterocycles. The van der Waals surface area contributed by atoms with E-state index in [9.17, 15) is 9.59 Å². The molecule has 30 heavy (non-hydrogen) atoms. The van der Waals surface area contributed by atoms with Gasteiger partial charge in [-0.1, -0.05) is 18.2 Å². The molecule has 0 unspecified atom stereocenters. The Bertz CT molecular complexity index is 1030. The van der Waals surface area contributed by atoms with Gasteiger partial charge in [0.1, 0.15) is 11.6 Å². The number of hydrogen-bond acceptors (Lipinski definition) is 4. The Kier molecular flexibility index (Phi) is 5.93. The minimum Gasteiger partial charge on any atom is -0.497 e. The van der Waals surface area contributed by atoms with Crippen LogP contribution in [0.25, 0.3) is 11.6 Å². The normalized spacial score (nSPS) is 16.5. The lowest BCUT2D eigenvalue weighted by molar-refractivity contribution is -0.125. The summed E-state index contributed by atoms with van der Waals surface area (Å²) in [6.45, 7) is 1.38. The van der Waals surface area contributed by atoms with Crippen LogP contribution in [0.2, 0.25) is 0 Å². The maximum absolute atomic E-state index is 12.7. The van der Waals surface area contributed by atoms with Crippen LogP contribution in [0.4, 0.5) is 5.82 Å². The number of fused-ring (bicyclic) bond motifs is 1. The third-order valence-electron chi connectivity index (χ3n) is 5.48. The number of methoxy groups -OCH3 is 1. The van der Waals surface area contributed by atoms with Crippen LogP contribution < -0.4 is 10.1 Å². The number of ether oxygens (including phenoxy) is 1.